The van der Waals surface area contributed by atoms with Crippen LogP contribution in [0.2, 0.25) is 0 Å². The summed E-state index contributed by atoms with van der Waals surface area (Å²) in [6, 6.07) is 0.0893. The third-order valence-corrected chi connectivity index (χ3v) is 2.58. The Morgan fingerprint density at radius 2 is 1.90 bits per heavy atom. The molecule has 0 rings (SSSR count). The van der Waals surface area contributed by atoms with Gasteiger partial charge in [-0.1, -0.05) is 6.92 Å². The molecule has 0 heterocycles. The third kappa shape index (κ3) is 9.55. The zero-order chi connectivity index (χ0) is 16.3. The van der Waals surface area contributed by atoms with Crippen molar-refractivity contribution in [3.8, 4) is 0 Å². The predicted molar refractivity (Wildman–Crippen MR) is 78.7 cm³/mol. The molecule has 21 heavy (non-hydrogen) atoms. The molecule has 0 aliphatic carbocycles. The molecule has 120 valence electrons. The molecule has 0 aromatic carbocycles. The van der Waals surface area contributed by atoms with E-state index in [0.717, 1.165) is 6.42 Å². The normalized spacial score (nSPS) is 12.5. The highest BCUT2D eigenvalue weighted by Crippen LogP contribution is 1.91. The highest BCUT2D eigenvalue weighted by molar-refractivity contribution is 6.35. The summed E-state index contributed by atoms with van der Waals surface area (Å²) in [5, 5.41) is 8.85. The minimum absolute atomic E-state index is 0.0654. The molecule has 0 aliphatic rings. The Hall–Kier alpha value is -1.96. The molecule has 0 unspecified atom stereocenters. The van der Waals surface area contributed by atoms with Crippen molar-refractivity contribution < 1.29 is 19.1 Å². The summed E-state index contributed by atoms with van der Waals surface area (Å²) in [7, 11) is 1.49. The molecule has 1 atom stereocenters. The molecule has 0 radical (unpaired) electrons. The molecule has 0 aromatic rings. The first kappa shape index (κ1) is 19.0. The number of hydrazone groups is 1. The average Bonchev–Trinajstić information content (AvgIpc) is 2.44. The van der Waals surface area contributed by atoms with Crippen molar-refractivity contribution in [3.05, 3.63) is 0 Å². The standard InChI is InChI=1S/C13H24N4O4/c1-5-9(2)15-11(18)8-10(3)16-17-13(20)12(19)14-6-7-21-4/h9H,5-8H2,1-4H3,(H,14,19)(H,15,18)(H,17,20)/b16-10-/t9-/m1/s1. The number of nitrogens with one attached hydrogen (secondary N) is 3. The van der Waals surface area contributed by atoms with Gasteiger partial charge >= 0.3 is 11.8 Å². The molecule has 8 nitrogen and oxygen atoms in total. The van der Waals surface area contributed by atoms with Gasteiger partial charge in [-0.25, -0.2) is 5.43 Å². The molecule has 3 amide bonds. The van der Waals surface area contributed by atoms with Crippen LogP contribution in [0.25, 0.3) is 0 Å². The first-order valence-electron chi connectivity index (χ1n) is 6.80. The van der Waals surface area contributed by atoms with Gasteiger partial charge in [0.25, 0.3) is 0 Å². The van der Waals surface area contributed by atoms with E-state index in [0.29, 0.717) is 12.3 Å². The molecule has 3 N–H and O–H groups in total. The van der Waals surface area contributed by atoms with Crippen molar-refractivity contribution in [2.45, 2.75) is 39.7 Å². The highest BCUT2D eigenvalue weighted by atomic mass is 16.5. The predicted octanol–water partition coefficient (Wildman–Crippen LogP) is -0.454. The van der Waals surface area contributed by atoms with E-state index in [1.807, 2.05) is 13.8 Å². The van der Waals surface area contributed by atoms with E-state index in [1.54, 1.807) is 6.92 Å². The Morgan fingerprint density at radius 1 is 1.24 bits per heavy atom. The average molecular weight is 300 g/mol. The van der Waals surface area contributed by atoms with Crippen LogP contribution in [0.4, 0.5) is 0 Å². The van der Waals surface area contributed by atoms with Gasteiger partial charge in [-0.05, 0) is 20.3 Å². The Bertz CT molecular complexity index is 396. The van der Waals surface area contributed by atoms with E-state index >= 15 is 0 Å². The minimum atomic E-state index is -0.882. The number of methoxy groups -OCH3 is 1. The fraction of sp³-hybridized carbons (Fsp3) is 0.692. The zero-order valence-corrected chi connectivity index (χ0v) is 13.0. The monoisotopic (exact) mass is 300 g/mol. The van der Waals surface area contributed by atoms with Crippen molar-refractivity contribution in [3.63, 3.8) is 0 Å². The molecular weight excluding hydrogens is 276 g/mol. The lowest BCUT2D eigenvalue weighted by Gasteiger charge is -2.10. The van der Waals surface area contributed by atoms with Gasteiger partial charge < -0.3 is 15.4 Å². The summed E-state index contributed by atoms with van der Waals surface area (Å²) in [6.07, 6.45) is 0.899. The van der Waals surface area contributed by atoms with Crippen molar-refractivity contribution >= 4 is 23.4 Å². The number of ether oxygens (including phenoxy) is 1. The molecule has 8 heteroatoms. The van der Waals surface area contributed by atoms with E-state index in [1.165, 1.54) is 7.11 Å². The summed E-state index contributed by atoms with van der Waals surface area (Å²) >= 11 is 0. The van der Waals surface area contributed by atoms with Crippen LogP contribution in [0.1, 0.15) is 33.6 Å². The lowest BCUT2D eigenvalue weighted by atomic mass is 10.2. The zero-order valence-electron chi connectivity index (χ0n) is 13.0. The summed E-state index contributed by atoms with van der Waals surface area (Å²) in [6.45, 7) is 6.02. The maximum absolute atomic E-state index is 11.6. The third-order valence-electron chi connectivity index (χ3n) is 2.58. The Morgan fingerprint density at radius 3 is 2.48 bits per heavy atom. The SMILES string of the molecule is CC[C@@H](C)NC(=O)C/C(C)=N\NC(=O)C(=O)NCCOC. The number of amides is 3. The summed E-state index contributed by atoms with van der Waals surface area (Å²) in [4.78, 5) is 34.3. The smallest absolute Gasteiger partial charge is 0.329 e. The van der Waals surface area contributed by atoms with Crippen LogP contribution in [0.3, 0.4) is 0 Å². The van der Waals surface area contributed by atoms with Crippen LogP contribution < -0.4 is 16.1 Å². The number of rotatable bonds is 8. The van der Waals surface area contributed by atoms with E-state index in [9.17, 15) is 14.4 Å². The van der Waals surface area contributed by atoms with E-state index < -0.39 is 11.8 Å². The van der Waals surface area contributed by atoms with Crippen LogP contribution >= 0.6 is 0 Å². The van der Waals surface area contributed by atoms with Gasteiger partial charge in [0.05, 0.1) is 13.0 Å². The second kappa shape index (κ2) is 10.8. The molecule has 0 spiro atoms. The van der Waals surface area contributed by atoms with Crippen molar-refractivity contribution in [2.24, 2.45) is 5.10 Å². The van der Waals surface area contributed by atoms with Crippen LogP contribution in [0, 0.1) is 0 Å². The maximum Gasteiger partial charge on any atom is 0.329 e. The first-order valence-corrected chi connectivity index (χ1v) is 6.80. The number of carbonyl (C=O) groups is 3. The molecular formula is C13H24N4O4. The van der Waals surface area contributed by atoms with Crippen LogP contribution in [0.5, 0.6) is 0 Å². The van der Waals surface area contributed by atoms with Gasteiger partial charge in [-0.3, -0.25) is 14.4 Å². The Kier molecular flexibility index (Phi) is 9.78. The van der Waals surface area contributed by atoms with Gasteiger partial charge in [0, 0.05) is 25.4 Å². The van der Waals surface area contributed by atoms with Crippen molar-refractivity contribution in [2.75, 3.05) is 20.3 Å². The second-order valence-corrected chi connectivity index (χ2v) is 4.59. The first-order chi connectivity index (χ1) is 9.90. The van der Waals surface area contributed by atoms with Gasteiger partial charge in [-0.2, -0.15) is 5.10 Å². The fourth-order valence-corrected chi connectivity index (χ4v) is 1.24. The summed E-state index contributed by atoms with van der Waals surface area (Å²) < 4.78 is 4.74. The van der Waals surface area contributed by atoms with Gasteiger partial charge in [-0.15, -0.1) is 0 Å². The lowest BCUT2D eigenvalue weighted by molar-refractivity contribution is -0.139. The Labute approximate surface area is 124 Å². The van der Waals surface area contributed by atoms with Gasteiger partial charge in [0.1, 0.15) is 0 Å². The van der Waals surface area contributed by atoms with Crippen LogP contribution in [0.15, 0.2) is 5.10 Å². The molecule has 0 aliphatic heterocycles. The summed E-state index contributed by atoms with van der Waals surface area (Å²) in [5.41, 5.74) is 2.51. The molecule has 0 bridgehead atoms. The quantitative estimate of drug-likeness (QED) is 0.244. The largest absolute Gasteiger partial charge is 0.383 e. The number of nitrogens with zero attached hydrogens (tertiary/aromatic N) is 1. The number of hydrogen-bond donors (Lipinski definition) is 3. The second-order valence-electron chi connectivity index (χ2n) is 4.59. The topological polar surface area (TPSA) is 109 Å². The molecule has 0 aromatic heterocycles. The van der Waals surface area contributed by atoms with Gasteiger partial charge in [0.2, 0.25) is 5.91 Å². The van der Waals surface area contributed by atoms with Crippen molar-refractivity contribution in [1.82, 2.24) is 16.1 Å². The molecule has 0 fully saturated rings. The molecule has 0 saturated carbocycles. The number of carbonyl (C=O) groups excluding carboxylic acids is 3. The maximum atomic E-state index is 11.6. The van der Waals surface area contributed by atoms with Crippen molar-refractivity contribution in [1.29, 1.82) is 0 Å². The minimum Gasteiger partial charge on any atom is -0.383 e. The van der Waals surface area contributed by atoms with E-state index in [2.05, 4.69) is 21.2 Å². The van der Waals surface area contributed by atoms with Crippen LogP contribution in [-0.4, -0.2) is 49.7 Å². The van der Waals surface area contributed by atoms with Crippen LogP contribution in [-0.2, 0) is 19.1 Å². The van der Waals surface area contributed by atoms with Gasteiger partial charge in [0.15, 0.2) is 0 Å². The number of hydrogen-bond acceptors (Lipinski definition) is 5. The highest BCUT2D eigenvalue weighted by Gasteiger charge is 2.12. The fourth-order valence-electron chi connectivity index (χ4n) is 1.24. The molecule has 0 saturated heterocycles. The van der Waals surface area contributed by atoms with E-state index in [4.69, 9.17) is 4.74 Å². The lowest BCUT2D eigenvalue weighted by Crippen LogP contribution is -2.39. The Balaban J connectivity index is 4.12. The van der Waals surface area contributed by atoms with E-state index in [-0.39, 0.29) is 24.9 Å². The summed E-state index contributed by atoms with van der Waals surface area (Å²) in [5.74, 6) is -1.86.